The van der Waals surface area contributed by atoms with Crippen molar-refractivity contribution in [3.8, 4) is 0 Å². The Labute approximate surface area is 113 Å². The van der Waals surface area contributed by atoms with Gasteiger partial charge in [-0.25, -0.2) is 4.39 Å². The van der Waals surface area contributed by atoms with Gasteiger partial charge in [-0.05, 0) is 6.07 Å². The Morgan fingerprint density at radius 2 is 1.90 bits per heavy atom. The number of alkyl halides is 3. The number of amides is 1. The summed E-state index contributed by atoms with van der Waals surface area (Å²) in [6.07, 6.45) is -7.88. The lowest BCUT2D eigenvalue weighted by Crippen LogP contribution is -2.40. The fourth-order valence-corrected chi connectivity index (χ4v) is 1.25. The minimum Gasteiger partial charge on any atom is -0.382 e. The molecule has 0 aliphatic carbocycles. The molecule has 0 saturated heterocycles. The molecule has 0 spiro atoms. The average Bonchev–Trinajstić information content (AvgIpc) is 2.36. The molecule has 0 aliphatic heterocycles. The quantitative estimate of drug-likeness (QED) is 0.501. The third-order valence-electron chi connectivity index (χ3n) is 2.31. The zero-order chi connectivity index (χ0) is 16.4. The van der Waals surface area contributed by atoms with Crippen molar-refractivity contribution in [2.45, 2.75) is 12.3 Å². The van der Waals surface area contributed by atoms with Crippen molar-refractivity contribution in [2.24, 2.45) is 0 Å². The summed E-state index contributed by atoms with van der Waals surface area (Å²) >= 11 is 0. The van der Waals surface area contributed by atoms with Gasteiger partial charge < -0.3 is 10.4 Å². The van der Waals surface area contributed by atoms with Gasteiger partial charge in [-0.15, -0.1) is 0 Å². The molecule has 6 nitrogen and oxygen atoms in total. The number of halogens is 5. The summed E-state index contributed by atoms with van der Waals surface area (Å²) in [6, 6.07) is 0.313. The molecule has 1 atom stereocenters. The predicted octanol–water partition coefficient (Wildman–Crippen LogP) is 1.53. The zero-order valence-corrected chi connectivity index (χ0v) is 9.95. The fraction of sp³-hybridized carbons (Fsp3) is 0.300. The first-order valence-corrected chi connectivity index (χ1v) is 5.20. The number of nitro benzene ring substituents is 1. The molecule has 1 rings (SSSR count). The number of rotatable bonds is 4. The molecule has 1 aromatic carbocycles. The van der Waals surface area contributed by atoms with Gasteiger partial charge in [0, 0.05) is 0 Å². The van der Waals surface area contributed by atoms with Crippen LogP contribution in [0.5, 0.6) is 0 Å². The number of aliphatic hydroxyl groups excluding tert-OH is 1. The van der Waals surface area contributed by atoms with Gasteiger partial charge in [0.2, 0.25) is 5.82 Å². The second-order valence-corrected chi connectivity index (χ2v) is 3.81. The van der Waals surface area contributed by atoms with Crippen LogP contribution in [0.3, 0.4) is 0 Å². The molecule has 0 fully saturated rings. The summed E-state index contributed by atoms with van der Waals surface area (Å²) in [4.78, 5) is 20.5. The highest BCUT2D eigenvalue weighted by Crippen LogP contribution is 2.22. The van der Waals surface area contributed by atoms with E-state index < -0.39 is 52.5 Å². The molecule has 1 unspecified atom stereocenters. The topological polar surface area (TPSA) is 92.5 Å². The van der Waals surface area contributed by atoms with Crippen LogP contribution in [-0.4, -0.2) is 34.8 Å². The van der Waals surface area contributed by atoms with Crippen molar-refractivity contribution >= 4 is 11.6 Å². The van der Waals surface area contributed by atoms with Crippen molar-refractivity contribution < 1.29 is 36.8 Å². The number of nitrogens with zero attached hydrogens (tertiary/aromatic N) is 1. The number of aliphatic hydroxyl groups is 1. The molecule has 2 N–H and O–H groups in total. The maximum atomic E-state index is 13.4. The highest BCUT2D eigenvalue weighted by molar-refractivity contribution is 5.94. The Hall–Kier alpha value is -2.30. The van der Waals surface area contributed by atoms with Crippen LogP contribution in [0.4, 0.5) is 27.6 Å². The van der Waals surface area contributed by atoms with Gasteiger partial charge in [0.25, 0.3) is 5.91 Å². The summed E-state index contributed by atoms with van der Waals surface area (Å²) in [6.45, 7) is -1.28. The molecule has 1 aromatic rings. The van der Waals surface area contributed by atoms with Gasteiger partial charge in [0.1, 0.15) is 5.82 Å². The second kappa shape index (κ2) is 5.99. The lowest BCUT2D eigenvalue weighted by Gasteiger charge is -2.15. The Kier molecular flexibility index (Phi) is 4.78. The van der Waals surface area contributed by atoms with E-state index in [0.29, 0.717) is 0 Å². The summed E-state index contributed by atoms with van der Waals surface area (Å²) in [5, 5.41) is 20.5. The van der Waals surface area contributed by atoms with Crippen molar-refractivity contribution in [1.82, 2.24) is 5.32 Å². The first-order chi connectivity index (χ1) is 9.54. The van der Waals surface area contributed by atoms with Crippen LogP contribution in [0.1, 0.15) is 10.4 Å². The van der Waals surface area contributed by atoms with E-state index >= 15 is 0 Å². The first-order valence-electron chi connectivity index (χ1n) is 5.20. The van der Waals surface area contributed by atoms with Gasteiger partial charge in [0.15, 0.2) is 6.10 Å². The number of nitro groups is 1. The molecule has 0 radical (unpaired) electrons. The van der Waals surface area contributed by atoms with Gasteiger partial charge in [0.05, 0.1) is 23.1 Å². The molecule has 0 heterocycles. The van der Waals surface area contributed by atoms with Gasteiger partial charge in [-0.2, -0.15) is 17.6 Å². The molecule has 0 saturated carbocycles. The summed E-state index contributed by atoms with van der Waals surface area (Å²) < 4.78 is 62.5. The standard InChI is InChI=1S/C10H7F5N2O4/c11-5-2-7(17(20)21)6(12)1-4(5)9(19)16-3-8(18)10(13,14)15/h1-2,8,18H,3H2,(H,16,19). The molecule has 21 heavy (non-hydrogen) atoms. The average molecular weight is 314 g/mol. The molecule has 0 bridgehead atoms. The van der Waals surface area contributed by atoms with Crippen LogP contribution < -0.4 is 5.32 Å². The van der Waals surface area contributed by atoms with Gasteiger partial charge in [-0.1, -0.05) is 0 Å². The Morgan fingerprint density at radius 3 is 2.38 bits per heavy atom. The van der Waals surface area contributed by atoms with Crippen LogP contribution in [0.15, 0.2) is 12.1 Å². The predicted molar refractivity (Wildman–Crippen MR) is 57.4 cm³/mol. The van der Waals surface area contributed by atoms with Gasteiger partial charge in [-0.3, -0.25) is 14.9 Å². The third kappa shape index (κ3) is 4.08. The first kappa shape index (κ1) is 16.8. The Bertz CT molecular complexity index is 575. The molecular formula is C10H7F5N2O4. The summed E-state index contributed by atoms with van der Waals surface area (Å²) in [5.41, 5.74) is -2.24. The van der Waals surface area contributed by atoms with E-state index in [9.17, 15) is 36.9 Å². The number of carbonyl (C=O) groups excluding carboxylic acids is 1. The highest BCUT2D eigenvalue weighted by atomic mass is 19.4. The van der Waals surface area contributed by atoms with Crippen molar-refractivity contribution in [2.75, 3.05) is 6.54 Å². The third-order valence-corrected chi connectivity index (χ3v) is 2.31. The van der Waals surface area contributed by atoms with Crippen LogP contribution in [0.25, 0.3) is 0 Å². The van der Waals surface area contributed by atoms with E-state index in [-0.39, 0.29) is 12.1 Å². The number of carbonyl (C=O) groups is 1. The molecule has 116 valence electrons. The Balaban J connectivity index is 2.89. The summed E-state index contributed by atoms with van der Waals surface area (Å²) in [7, 11) is 0. The molecule has 1 amide bonds. The maximum Gasteiger partial charge on any atom is 0.416 e. The number of nitrogens with one attached hydrogen (secondary N) is 1. The number of hydrogen-bond acceptors (Lipinski definition) is 4. The minimum absolute atomic E-state index is 0.129. The normalized spacial score (nSPS) is 12.9. The Morgan fingerprint density at radius 1 is 1.33 bits per heavy atom. The van der Waals surface area contributed by atoms with Gasteiger partial charge >= 0.3 is 11.9 Å². The van der Waals surface area contributed by atoms with Crippen LogP contribution in [0.2, 0.25) is 0 Å². The SMILES string of the molecule is O=C(NCC(O)C(F)(F)F)c1cc(F)c([N+](=O)[O-])cc1F. The molecule has 11 heteroatoms. The lowest BCUT2D eigenvalue weighted by molar-refractivity contribution is -0.387. The van der Waals surface area contributed by atoms with E-state index in [1.165, 1.54) is 5.32 Å². The largest absolute Gasteiger partial charge is 0.416 e. The van der Waals surface area contributed by atoms with Crippen LogP contribution in [-0.2, 0) is 0 Å². The number of hydrogen-bond donors (Lipinski definition) is 2. The monoisotopic (exact) mass is 314 g/mol. The van der Waals surface area contributed by atoms with Crippen molar-refractivity contribution in [3.05, 3.63) is 39.4 Å². The van der Waals surface area contributed by atoms with E-state index in [4.69, 9.17) is 5.11 Å². The van der Waals surface area contributed by atoms with Crippen LogP contribution in [0, 0.1) is 21.7 Å². The maximum absolute atomic E-state index is 13.4. The summed E-state index contributed by atoms with van der Waals surface area (Å²) in [5.74, 6) is -4.46. The van der Waals surface area contributed by atoms with Crippen molar-refractivity contribution in [3.63, 3.8) is 0 Å². The van der Waals surface area contributed by atoms with Crippen molar-refractivity contribution in [1.29, 1.82) is 0 Å². The minimum atomic E-state index is -4.99. The molecular weight excluding hydrogens is 307 g/mol. The van der Waals surface area contributed by atoms with E-state index in [0.717, 1.165) is 0 Å². The molecule has 0 aliphatic rings. The highest BCUT2D eigenvalue weighted by Gasteiger charge is 2.38. The second-order valence-electron chi connectivity index (χ2n) is 3.81. The molecule has 0 aromatic heterocycles. The van der Waals surface area contributed by atoms with E-state index in [1.54, 1.807) is 0 Å². The lowest BCUT2D eigenvalue weighted by atomic mass is 10.1. The smallest absolute Gasteiger partial charge is 0.382 e. The fourth-order valence-electron chi connectivity index (χ4n) is 1.25. The van der Waals surface area contributed by atoms with E-state index in [1.807, 2.05) is 0 Å². The van der Waals surface area contributed by atoms with Crippen LogP contribution >= 0.6 is 0 Å². The zero-order valence-electron chi connectivity index (χ0n) is 9.95. The number of benzene rings is 1. The van der Waals surface area contributed by atoms with E-state index in [2.05, 4.69) is 0 Å².